The first-order valence-electron chi connectivity index (χ1n) is 8.52. The van der Waals surface area contributed by atoms with E-state index in [2.05, 4.69) is 0 Å². The predicted molar refractivity (Wildman–Crippen MR) is 97.6 cm³/mol. The number of aromatic carboxylic acids is 1. The molecule has 0 bridgehead atoms. The highest BCUT2D eigenvalue weighted by Gasteiger charge is 2.17. The van der Waals surface area contributed by atoms with E-state index in [1.165, 1.54) is 12.1 Å². The maximum Gasteiger partial charge on any atom is 0.335 e. The van der Waals surface area contributed by atoms with Gasteiger partial charge in [-0.25, -0.2) is 9.59 Å². The molecular formula is C20H22O7. The van der Waals surface area contributed by atoms with Gasteiger partial charge in [-0.15, -0.1) is 0 Å². The zero-order chi connectivity index (χ0) is 19.6. The summed E-state index contributed by atoms with van der Waals surface area (Å²) in [6.07, 6.45) is -0.568. The van der Waals surface area contributed by atoms with Crippen LogP contribution in [0.1, 0.15) is 22.8 Å². The molecule has 2 aromatic rings. The fourth-order valence-electron chi connectivity index (χ4n) is 2.37. The Bertz CT molecular complexity index is 738. The highest BCUT2D eigenvalue weighted by Crippen LogP contribution is 2.15. The predicted octanol–water partition coefficient (Wildman–Crippen LogP) is 2.87. The first-order valence-corrected chi connectivity index (χ1v) is 8.52. The average molecular weight is 374 g/mol. The van der Waals surface area contributed by atoms with Gasteiger partial charge in [0.15, 0.2) is 6.10 Å². The zero-order valence-corrected chi connectivity index (χ0v) is 15.0. The molecule has 0 fully saturated rings. The van der Waals surface area contributed by atoms with Crippen LogP contribution in [-0.4, -0.2) is 48.1 Å². The molecule has 144 valence electrons. The van der Waals surface area contributed by atoms with Crippen molar-refractivity contribution in [2.24, 2.45) is 0 Å². The minimum Gasteiger partial charge on any atom is -0.490 e. The van der Waals surface area contributed by atoms with Crippen LogP contribution in [0.2, 0.25) is 0 Å². The normalized spacial score (nSPS) is 11.6. The van der Waals surface area contributed by atoms with Crippen LogP contribution in [0.15, 0.2) is 48.5 Å². The fourth-order valence-corrected chi connectivity index (χ4v) is 2.37. The fraction of sp³-hybridized carbons (Fsp3) is 0.300. The molecule has 0 aliphatic rings. The van der Waals surface area contributed by atoms with Gasteiger partial charge in [0, 0.05) is 13.0 Å². The topological polar surface area (TPSA) is 102 Å². The largest absolute Gasteiger partial charge is 0.490 e. The standard InChI is InChI=1S/C20H22O7/c1-2-25-18(20(23)24)13-14-3-7-16(8-4-14)26-11-12-27-17-9-5-15(6-10-17)19(21)22/h3-10,18H,2,11-13H2,1H3,(H,21,22)(H,23,24). The van der Waals surface area contributed by atoms with Crippen molar-refractivity contribution in [2.75, 3.05) is 19.8 Å². The number of carbonyl (C=O) groups is 2. The summed E-state index contributed by atoms with van der Waals surface area (Å²) in [4.78, 5) is 21.9. The van der Waals surface area contributed by atoms with Crippen LogP contribution in [0.5, 0.6) is 11.5 Å². The van der Waals surface area contributed by atoms with E-state index in [0.29, 0.717) is 37.7 Å². The van der Waals surface area contributed by atoms with Crippen molar-refractivity contribution < 1.29 is 34.0 Å². The van der Waals surface area contributed by atoms with Gasteiger partial charge in [0.2, 0.25) is 0 Å². The molecule has 0 amide bonds. The lowest BCUT2D eigenvalue weighted by atomic mass is 10.1. The molecule has 7 heteroatoms. The number of hydrogen-bond donors (Lipinski definition) is 2. The number of benzene rings is 2. The van der Waals surface area contributed by atoms with Crippen molar-refractivity contribution in [2.45, 2.75) is 19.4 Å². The van der Waals surface area contributed by atoms with Crippen molar-refractivity contribution >= 4 is 11.9 Å². The molecule has 0 saturated heterocycles. The molecule has 1 atom stereocenters. The van der Waals surface area contributed by atoms with E-state index in [1.54, 1.807) is 43.3 Å². The van der Waals surface area contributed by atoms with E-state index in [0.717, 1.165) is 5.56 Å². The van der Waals surface area contributed by atoms with Crippen molar-refractivity contribution in [3.8, 4) is 11.5 Å². The van der Waals surface area contributed by atoms with Crippen LogP contribution >= 0.6 is 0 Å². The van der Waals surface area contributed by atoms with Crippen LogP contribution in [0, 0.1) is 0 Å². The molecule has 0 saturated carbocycles. The molecule has 7 nitrogen and oxygen atoms in total. The summed E-state index contributed by atoms with van der Waals surface area (Å²) in [7, 11) is 0. The average Bonchev–Trinajstić information content (AvgIpc) is 2.66. The molecule has 0 spiro atoms. The lowest BCUT2D eigenvalue weighted by Crippen LogP contribution is -2.26. The third-order valence-corrected chi connectivity index (χ3v) is 3.71. The van der Waals surface area contributed by atoms with Gasteiger partial charge in [0.05, 0.1) is 5.56 Å². The van der Waals surface area contributed by atoms with E-state index in [9.17, 15) is 9.59 Å². The maximum absolute atomic E-state index is 11.1. The second-order valence-corrected chi connectivity index (χ2v) is 5.66. The van der Waals surface area contributed by atoms with Crippen LogP contribution in [0.25, 0.3) is 0 Å². The van der Waals surface area contributed by atoms with Gasteiger partial charge < -0.3 is 24.4 Å². The first-order chi connectivity index (χ1) is 13.0. The Morgan fingerprint density at radius 3 is 1.85 bits per heavy atom. The Morgan fingerprint density at radius 1 is 0.889 bits per heavy atom. The minimum absolute atomic E-state index is 0.202. The third-order valence-electron chi connectivity index (χ3n) is 3.71. The number of carboxylic acids is 2. The summed E-state index contributed by atoms with van der Waals surface area (Å²) >= 11 is 0. The smallest absolute Gasteiger partial charge is 0.335 e. The van der Waals surface area contributed by atoms with E-state index < -0.39 is 18.0 Å². The van der Waals surface area contributed by atoms with Gasteiger partial charge in [0.25, 0.3) is 0 Å². The molecule has 0 aliphatic carbocycles. The Hall–Kier alpha value is -3.06. The SMILES string of the molecule is CCOC(Cc1ccc(OCCOc2ccc(C(=O)O)cc2)cc1)C(=O)O. The van der Waals surface area contributed by atoms with E-state index in [1.807, 2.05) is 0 Å². The molecule has 27 heavy (non-hydrogen) atoms. The zero-order valence-electron chi connectivity index (χ0n) is 15.0. The van der Waals surface area contributed by atoms with Crippen molar-refractivity contribution in [3.05, 3.63) is 59.7 Å². The number of rotatable bonds is 11. The summed E-state index contributed by atoms with van der Waals surface area (Å²) in [5.74, 6) is -0.753. The van der Waals surface area contributed by atoms with Crippen molar-refractivity contribution in [1.29, 1.82) is 0 Å². The van der Waals surface area contributed by atoms with E-state index in [4.69, 9.17) is 24.4 Å². The molecular weight excluding hydrogens is 352 g/mol. The van der Waals surface area contributed by atoms with E-state index >= 15 is 0 Å². The minimum atomic E-state index is -0.982. The molecule has 2 N–H and O–H groups in total. The molecule has 0 radical (unpaired) electrons. The monoisotopic (exact) mass is 374 g/mol. The van der Waals surface area contributed by atoms with Gasteiger partial charge in [-0.3, -0.25) is 0 Å². The number of hydrogen-bond acceptors (Lipinski definition) is 5. The molecule has 0 aromatic heterocycles. The lowest BCUT2D eigenvalue weighted by Gasteiger charge is -2.13. The van der Waals surface area contributed by atoms with Gasteiger partial charge >= 0.3 is 11.9 Å². The number of carboxylic acid groups (broad SMARTS) is 2. The van der Waals surface area contributed by atoms with Crippen LogP contribution in [0.4, 0.5) is 0 Å². The molecule has 1 unspecified atom stereocenters. The Morgan fingerprint density at radius 2 is 1.41 bits per heavy atom. The second-order valence-electron chi connectivity index (χ2n) is 5.66. The van der Waals surface area contributed by atoms with Crippen LogP contribution in [0.3, 0.4) is 0 Å². The van der Waals surface area contributed by atoms with E-state index in [-0.39, 0.29) is 5.56 Å². The van der Waals surface area contributed by atoms with Crippen LogP contribution in [-0.2, 0) is 16.0 Å². The third kappa shape index (κ3) is 6.63. The van der Waals surface area contributed by atoms with Gasteiger partial charge in [-0.1, -0.05) is 12.1 Å². The summed E-state index contributed by atoms with van der Waals surface area (Å²) in [6.45, 7) is 2.73. The quantitative estimate of drug-likeness (QED) is 0.583. The number of ether oxygens (including phenoxy) is 3. The van der Waals surface area contributed by atoms with Gasteiger partial charge in [-0.2, -0.15) is 0 Å². The van der Waals surface area contributed by atoms with Crippen molar-refractivity contribution in [1.82, 2.24) is 0 Å². The summed E-state index contributed by atoms with van der Waals surface area (Å²) in [6, 6.07) is 13.3. The van der Waals surface area contributed by atoms with Crippen LogP contribution < -0.4 is 9.47 Å². The maximum atomic E-state index is 11.1. The Labute approximate surface area is 157 Å². The van der Waals surface area contributed by atoms with Gasteiger partial charge in [-0.05, 0) is 48.9 Å². The van der Waals surface area contributed by atoms with Crippen molar-refractivity contribution in [3.63, 3.8) is 0 Å². The molecule has 0 aliphatic heterocycles. The second kappa shape index (κ2) is 10.2. The molecule has 2 aromatic carbocycles. The Kier molecular flexibility index (Phi) is 7.63. The highest BCUT2D eigenvalue weighted by atomic mass is 16.5. The summed E-state index contributed by atoms with van der Waals surface area (Å²) < 4.78 is 16.3. The number of aliphatic carboxylic acids is 1. The van der Waals surface area contributed by atoms with Gasteiger partial charge in [0.1, 0.15) is 24.7 Å². The lowest BCUT2D eigenvalue weighted by molar-refractivity contribution is -0.149. The molecule has 2 rings (SSSR count). The summed E-state index contributed by atoms with van der Waals surface area (Å²) in [5, 5.41) is 17.9. The Balaban J connectivity index is 1.76. The summed E-state index contributed by atoms with van der Waals surface area (Å²) in [5.41, 5.74) is 1.05. The highest BCUT2D eigenvalue weighted by molar-refractivity contribution is 5.87. The first kappa shape index (κ1) is 20.3. The molecule has 0 heterocycles.